The van der Waals surface area contributed by atoms with E-state index < -0.39 is 0 Å². The van der Waals surface area contributed by atoms with E-state index in [-0.39, 0.29) is 18.1 Å². The van der Waals surface area contributed by atoms with E-state index in [1.165, 1.54) is 12.1 Å². The molecule has 0 atom stereocenters. The van der Waals surface area contributed by atoms with Gasteiger partial charge in [-0.3, -0.25) is 4.79 Å². The Morgan fingerprint density at radius 1 is 1.21 bits per heavy atom. The Morgan fingerprint density at radius 2 is 1.89 bits per heavy atom. The average molecular weight is 278 g/mol. The van der Waals surface area contributed by atoms with Crippen molar-refractivity contribution in [3.05, 3.63) is 64.9 Å². The predicted octanol–water partition coefficient (Wildman–Crippen LogP) is 3.80. The average Bonchev–Trinajstić information content (AvgIpc) is 2.39. The van der Waals surface area contributed by atoms with Crippen molar-refractivity contribution in [3.8, 4) is 0 Å². The first-order valence-corrected chi connectivity index (χ1v) is 6.19. The molecule has 0 saturated carbocycles. The maximum absolute atomic E-state index is 12.8. The Morgan fingerprint density at radius 3 is 2.53 bits per heavy atom. The van der Waals surface area contributed by atoms with Crippen LogP contribution in [0.5, 0.6) is 0 Å². The van der Waals surface area contributed by atoms with Crippen LogP contribution in [-0.4, -0.2) is 19.4 Å². The first-order valence-electron chi connectivity index (χ1n) is 5.82. The first kappa shape index (κ1) is 13.6. The van der Waals surface area contributed by atoms with E-state index in [2.05, 4.69) is 0 Å². The van der Waals surface area contributed by atoms with Crippen molar-refractivity contribution < 1.29 is 9.18 Å². The van der Waals surface area contributed by atoms with Crippen LogP contribution < -0.4 is 4.90 Å². The molecule has 0 bridgehead atoms. The summed E-state index contributed by atoms with van der Waals surface area (Å²) in [6.07, 6.45) is 0. The second-order valence-electron chi connectivity index (χ2n) is 4.27. The van der Waals surface area contributed by atoms with Crippen LogP contribution in [0.15, 0.2) is 48.5 Å². The number of carbonyl (C=O) groups excluding carboxylic acids is 1. The van der Waals surface area contributed by atoms with Gasteiger partial charge in [0.05, 0.1) is 6.54 Å². The summed E-state index contributed by atoms with van der Waals surface area (Å²) in [4.78, 5) is 13.8. The summed E-state index contributed by atoms with van der Waals surface area (Å²) in [5.74, 6) is -0.326. The zero-order valence-corrected chi connectivity index (χ0v) is 11.2. The smallest absolute Gasteiger partial charge is 0.182 e. The highest BCUT2D eigenvalue weighted by Gasteiger charge is 2.10. The topological polar surface area (TPSA) is 20.3 Å². The second kappa shape index (κ2) is 5.85. The fraction of sp³-hybridized carbons (Fsp3) is 0.133. The molecule has 4 heteroatoms. The molecule has 2 aromatic rings. The maximum atomic E-state index is 12.8. The minimum atomic E-state index is -0.293. The van der Waals surface area contributed by atoms with Crippen LogP contribution in [0, 0.1) is 5.82 Å². The lowest BCUT2D eigenvalue weighted by Crippen LogP contribution is -2.25. The van der Waals surface area contributed by atoms with E-state index in [4.69, 9.17) is 11.6 Å². The highest BCUT2D eigenvalue weighted by atomic mass is 35.5. The number of anilines is 1. The van der Waals surface area contributed by atoms with Gasteiger partial charge in [-0.25, -0.2) is 4.39 Å². The number of carbonyl (C=O) groups is 1. The third kappa shape index (κ3) is 3.55. The maximum Gasteiger partial charge on any atom is 0.182 e. The van der Waals surface area contributed by atoms with Crippen LogP contribution in [0.2, 0.25) is 5.02 Å². The number of ketones is 1. The van der Waals surface area contributed by atoms with Crippen molar-refractivity contribution >= 4 is 23.1 Å². The van der Waals surface area contributed by atoms with E-state index in [9.17, 15) is 9.18 Å². The summed E-state index contributed by atoms with van der Waals surface area (Å²) >= 11 is 5.85. The van der Waals surface area contributed by atoms with Crippen molar-refractivity contribution in [1.82, 2.24) is 0 Å². The number of benzene rings is 2. The molecule has 0 aliphatic heterocycles. The van der Waals surface area contributed by atoms with Gasteiger partial charge in [0.1, 0.15) is 5.82 Å². The van der Waals surface area contributed by atoms with E-state index in [1.54, 1.807) is 48.3 Å². The van der Waals surface area contributed by atoms with Gasteiger partial charge in [-0.05, 0) is 36.4 Å². The van der Waals surface area contributed by atoms with Gasteiger partial charge in [-0.15, -0.1) is 0 Å². The molecular formula is C15H13ClFNO. The Hall–Kier alpha value is -1.87. The standard InChI is InChI=1S/C15H13ClFNO/c1-18(14-7-5-13(17)6-8-14)10-15(19)11-3-2-4-12(16)9-11/h2-9H,10H2,1H3. The first-order chi connectivity index (χ1) is 9.06. The number of hydrogen-bond donors (Lipinski definition) is 0. The molecular weight excluding hydrogens is 265 g/mol. The van der Waals surface area contributed by atoms with Crippen molar-refractivity contribution in [2.75, 3.05) is 18.5 Å². The highest BCUT2D eigenvalue weighted by Crippen LogP contribution is 2.15. The molecule has 0 aliphatic rings. The van der Waals surface area contributed by atoms with Gasteiger partial charge >= 0.3 is 0 Å². The van der Waals surface area contributed by atoms with E-state index in [0.717, 1.165) is 5.69 Å². The highest BCUT2D eigenvalue weighted by molar-refractivity contribution is 6.31. The van der Waals surface area contributed by atoms with Gasteiger partial charge in [-0.1, -0.05) is 23.7 Å². The number of rotatable bonds is 4. The van der Waals surface area contributed by atoms with Gasteiger partial charge < -0.3 is 4.90 Å². The van der Waals surface area contributed by atoms with E-state index in [1.807, 2.05) is 0 Å². The molecule has 0 saturated heterocycles. The van der Waals surface area contributed by atoms with Gasteiger partial charge in [0.25, 0.3) is 0 Å². The summed E-state index contributed by atoms with van der Waals surface area (Å²) in [5.41, 5.74) is 1.36. The number of Topliss-reactive ketones (excluding diaryl/α,β-unsaturated/α-hetero) is 1. The molecule has 0 aliphatic carbocycles. The Bertz CT molecular complexity index is 583. The van der Waals surface area contributed by atoms with Crippen LogP contribution in [0.25, 0.3) is 0 Å². The van der Waals surface area contributed by atoms with Gasteiger partial charge in [-0.2, -0.15) is 0 Å². The molecule has 0 radical (unpaired) electrons. The van der Waals surface area contributed by atoms with Gasteiger partial charge in [0, 0.05) is 23.3 Å². The number of nitrogens with zero attached hydrogens (tertiary/aromatic N) is 1. The van der Waals surface area contributed by atoms with Crippen molar-refractivity contribution in [1.29, 1.82) is 0 Å². The number of halogens is 2. The minimum Gasteiger partial charge on any atom is -0.367 e. The molecule has 0 aromatic heterocycles. The molecule has 0 N–H and O–H groups in total. The summed E-state index contributed by atoms with van der Waals surface area (Å²) in [5, 5.41) is 0.537. The van der Waals surface area contributed by atoms with E-state index >= 15 is 0 Å². The second-order valence-corrected chi connectivity index (χ2v) is 4.70. The zero-order valence-electron chi connectivity index (χ0n) is 10.4. The van der Waals surface area contributed by atoms with Crippen LogP contribution in [0.3, 0.4) is 0 Å². The summed E-state index contributed by atoms with van der Waals surface area (Å²) < 4.78 is 12.8. The SMILES string of the molecule is CN(CC(=O)c1cccc(Cl)c1)c1ccc(F)cc1. The lowest BCUT2D eigenvalue weighted by atomic mass is 10.1. The zero-order chi connectivity index (χ0) is 13.8. The van der Waals surface area contributed by atoms with Crippen LogP contribution in [0.4, 0.5) is 10.1 Å². The molecule has 2 nitrogen and oxygen atoms in total. The molecule has 19 heavy (non-hydrogen) atoms. The largest absolute Gasteiger partial charge is 0.367 e. The normalized spacial score (nSPS) is 10.3. The Kier molecular flexibility index (Phi) is 4.17. The quantitative estimate of drug-likeness (QED) is 0.793. The van der Waals surface area contributed by atoms with Crippen LogP contribution >= 0.6 is 11.6 Å². The predicted molar refractivity (Wildman–Crippen MR) is 75.5 cm³/mol. The number of likely N-dealkylation sites (N-methyl/N-ethyl adjacent to an activating group) is 1. The molecule has 0 spiro atoms. The molecule has 98 valence electrons. The minimum absolute atomic E-state index is 0.0330. The molecule has 0 amide bonds. The number of hydrogen-bond acceptors (Lipinski definition) is 2. The molecule has 0 heterocycles. The third-order valence-electron chi connectivity index (χ3n) is 2.79. The fourth-order valence-electron chi connectivity index (χ4n) is 1.76. The Balaban J connectivity index is 2.08. The summed E-state index contributed by atoms with van der Waals surface area (Å²) in [7, 11) is 1.79. The summed E-state index contributed by atoms with van der Waals surface area (Å²) in [6.45, 7) is 0.214. The molecule has 2 aromatic carbocycles. The fourth-order valence-corrected chi connectivity index (χ4v) is 1.95. The van der Waals surface area contributed by atoms with Crippen molar-refractivity contribution in [2.45, 2.75) is 0 Å². The molecule has 0 unspecified atom stereocenters. The van der Waals surface area contributed by atoms with Gasteiger partial charge in [0.2, 0.25) is 0 Å². The molecule has 0 fully saturated rings. The third-order valence-corrected chi connectivity index (χ3v) is 3.03. The van der Waals surface area contributed by atoms with Crippen molar-refractivity contribution in [2.24, 2.45) is 0 Å². The van der Waals surface area contributed by atoms with E-state index in [0.29, 0.717) is 10.6 Å². The van der Waals surface area contributed by atoms with Crippen LogP contribution in [-0.2, 0) is 0 Å². The lowest BCUT2D eigenvalue weighted by molar-refractivity contribution is 0.100. The van der Waals surface area contributed by atoms with Crippen LogP contribution in [0.1, 0.15) is 10.4 Å². The Labute approximate surface area is 116 Å². The van der Waals surface area contributed by atoms with Crippen molar-refractivity contribution in [3.63, 3.8) is 0 Å². The lowest BCUT2D eigenvalue weighted by Gasteiger charge is -2.18. The molecule has 2 rings (SSSR count). The van der Waals surface area contributed by atoms with Gasteiger partial charge in [0.15, 0.2) is 5.78 Å². The summed E-state index contributed by atoms with van der Waals surface area (Å²) in [6, 6.07) is 12.9. The monoisotopic (exact) mass is 277 g/mol.